The van der Waals surface area contributed by atoms with Crippen LogP contribution in [0.15, 0.2) is 54.6 Å². The van der Waals surface area contributed by atoms with E-state index < -0.39 is 0 Å². The van der Waals surface area contributed by atoms with E-state index in [0.717, 1.165) is 19.4 Å². The summed E-state index contributed by atoms with van der Waals surface area (Å²) in [4.78, 5) is 24.0. The van der Waals surface area contributed by atoms with Gasteiger partial charge in [0.1, 0.15) is 0 Å². The van der Waals surface area contributed by atoms with Gasteiger partial charge in [0.15, 0.2) is 0 Å². The molecule has 0 aromatic heterocycles. The van der Waals surface area contributed by atoms with Crippen LogP contribution in [-0.2, 0) is 11.2 Å². The van der Waals surface area contributed by atoms with E-state index in [2.05, 4.69) is 28.1 Å². The van der Waals surface area contributed by atoms with Gasteiger partial charge in [-0.15, -0.1) is 0 Å². The van der Waals surface area contributed by atoms with Crippen molar-refractivity contribution in [3.63, 3.8) is 0 Å². The molecule has 2 amide bonds. The van der Waals surface area contributed by atoms with Crippen LogP contribution in [0, 0.1) is 0 Å². The Bertz CT molecular complexity index is 699. The summed E-state index contributed by atoms with van der Waals surface area (Å²) in [5.74, 6) is -0.199. The zero-order valence-corrected chi connectivity index (χ0v) is 15.4. The number of carbonyl (C=O) groups excluding carboxylic acids is 2. The monoisotopic (exact) mass is 353 g/mol. The standard InChI is InChI=1S/C21H27N3O2/c1-3-16(2)23-21(26)18-9-11-19(12-10-18)24-20(25)15-22-14-13-17-7-5-4-6-8-17/h4-12,16,22H,3,13-15H2,1-2H3,(H,23,26)(H,24,25). The van der Waals surface area contributed by atoms with Gasteiger partial charge in [-0.1, -0.05) is 37.3 Å². The normalized spacial score (nSPS) is 11.6. The number of benzene rings is 2. The number of hydrogen-bond acceptors (Lipinski definition) is 3. The molecule has 0 aliphatic rings. The van der Waals surface area contributed by atoms with E-state index in [4.69, 9.17) is 0 Å². The summed E-state index contributed by atoms with van der Waals surface area (Å²) in [5.41, 5.74) is 2.51. The highest BCUT2D eigenvalue weighted by Crippen LogP contribution is 2.10. The molecule has 0 spiro atoms. The van der Waals surface area contributed by atoms with Crippen LogP contribution in [0.1, 0.15) is 36.2 Å². The Kier molecular flexibility index (Phi) is 7.83. The van der Waals surface area contributed by atoms with Crippen LogP contribution in [0.4, 0.5) is 5.69 Å². The maximum absolute atomic E-state index is 12.0. The molecule has 0 aliphatic heterocycles. The topological polar surface area (TPSA) is 70.2 Å². The van der Waals surface area contributed by atoms with Gasteiger partial charge in [0.2, 0.25) is 5.91 Å². The van der Waals surface area contributed by atoms with E-state index >= 15 is 0 Å². The summed E-state index contributed by atoms with van der Waals surface area (Å²) < 4.78 is 0. The van der Waals surface area contributed by atoms with E-state index in [-0.39, 0.29) is 24.4 Å². The summed E-state index contributed by atoms with van der Waals surface area (Å²) in [7, 11) is 0. The van der Waals surface area contributed by atoms with Crippen molar-refractivity contribution in [1.29, 1.82) is 0 Å². The Morgan fingerprint density at radius 1 is 1.00 bits per heavy atom. The second kappa shape index (κ2) is 10.4. The first-order valence-corrected chi connectivity index (χ1v) is 9.04. The van der Waals surface area contributed by atoms with Crippen LogP contribution in [0.2, 0.25) is 0 Å². The number of carbonyl (C=O) groups is 2. The van der Waals surface area contributed by atoms with Crippen molar-refractivity contribution in [2.45, 2.75) is 32.7 Å². The molecule has 0 saturated heterocycles. The fraction of sp³-hybridized carbons (Fsp3) is 0.333. The molecule has 5 heteroatoms. The molecule has 1 atom stereocenters. The fourth-order valence-corrected chi connectivity index (χ4v) is 2.40. The number of nitrogens with one attached hydrogen (secondary N) is 3. The maximum Gasteiger partial charge on any atom is 0.251 e. The van der Waals surface area contributed by atoms with Crippen LogP contribution >= 0.6 is 0 Å². The number of amides is 2. The van der Waals surface area contributed by atoms with Gasteiger partial charge >= 0.3 is 0 Å². The van der Waals surface area contributed by atoms with Gasteiger partial charge in [0.25, 0.3) is 5.91 Å². The molecule has 26 heavy (non-hydrogen) atoms. The third kappa shape index (κ3) is 6.69. The molecule has 2 aromatic carbocycles. The van der Waals surface area contributed by atoms with Gasteiger partial charge in [-0.3, -0.25) is 9.59 Å². The lowest BCUT2D eigenvalue weighted by Gasteiger charge is -2.12. The minimum Gasteiger partial charge on any atom is -0.350 e. The predicted molar refractivity (Wildman–Crippen MR) is 105 cm³/mol. The third-order valence-electron chi connectivity index (χ3n) is 4.14. The van der Waals surface area contributed by atoms with Gasteiger partial charge in [-0.2, -0.15) is 0 Å². The van der Waals surface area contributed by atoms with Gasteiger partial charge in [-0.25, -0.2) is 0 Å². The number of anilines is 1. The molecule has 1 unspecified atom stereocenters. The smallest absolute Gasteiger partial charge is 0.251 e. The molecule has 0 aliphatic carbocycles. The molecule has 138 valence electrons. The molecular weight excluding hydrogens is 326 g/mol. The zero-order chi connectivity index (χ0) is 18.8. The van der Waals surface area contributed by atoms with Crippen molar-refractivity contribution in [2.75, 3.05) is 18.4 Å². The first-order valence-electron chi connectivity index (χ1n) is 9.04. The van der Waals surface area contributed by atoms with Crippen LogP contribution in [0.5, 0.6) is 0 Å². The largest absolute Gasteiger partial charge is 0.350 e. The first kappa shape index (κ1) is 19.7. The van der Waals surface area contributed by atoms with Crippen molar-refractivity contribution in [1.82, 2.24) is 10.6 Å². The van der Waals surface area contributed by atoms with Crippen molar-refractivity contribution in [3.8, 4) is 0 Å². The molecule has 0 radical (unpaired) electrons. The van der Waals surface area contributed by atoms with Crippen molar-refractivity contribution in [2.24, 2.45) is 0 Å². The molecule has 0 fully saturated rings. The molecule has 0 heterocycles. The lowest BCUT2D eigenvalue weighted by Crippen LogP contribution is -2.32. The van der Waals surface area contributed by atoms with E-state index in [1.54, 1.807) is 24.3 Å². The van der Waals surface area contributed by atoms with Crippen LogP contribution in [0.25, 0.3) is 0 Å². The quantitative estimate of drug-likeness (QED) is 0.607. The summed E-state index contributed by atoms with van der Waals surface area (Å²) in [6.07, 6.45) is 1.77. The highest BCUT2D eigenvalue weighted by atomic mass is 16.2. The van der Waals surface area contributed by atoms with E-state index in [1.807, 2.05) is 32.0 Å². The minimum absolute atomic E-state index is 0.0974. The van der Waals surface area contributed by atoms with Gasteiger partial charge in [0, 0.05) is 17.3 Å². The van der Waals surface area contributed by atoms with Crippen LogP contribution < -0.4 is 16.0 Å². The Hall–Kier alpha value is -2.66. The van der Waals surface area contributed by atoms with Crippen LogP contribution in [0.3, 0.4) is 0 Å². The average Bonchev–Trinajstić information content (AvgIpc) is 2.66. The second-order valence-corrected chi connectivity index (χ2v) is 6.32. The Balaban J connectivity index is 1.72. The highest BCUT2D eigenvalue weighted by Gasteiger charge is 2.09. The first-order chi connectivity index (χ1) is 12.6. The lowest BCUT2D eigenvalue weighted by molar-refractivity contribution is -0.115. The van der Waals surface area contributed by atoms with Crippen molar-refractivity contribution >= 4 is 17.5 Å². The van der Waals surface area contributed by atoms with E-state index in [1.165, 1.54) is 5.56 Å². The minimum atomic E-state index is -0.102. The molecule has 2 aromatic rings. The summed E-state index contributed by atoms with van der Waals surface area (Å²) in [6, 6.07) is 17.2. The van der Waals surface area contributed by atoms with Gasteiger partial charge < -0.3 is 16.0 Å². The molecule has 0 bridgehead atoms. The highest BCUT2D eigenvalue weighted by molar-refractivity contribution is 5.96. The summed E-state index contributed by atoms with van der Waals surface area (Å²) >= 11 is 0. The lowest BCUT2D eigenvalue weighted by atomic mass is 10.1. The van der Waals surface area contributed by atoms with Crippen molar-refractivity contribution in [3.05, 3.63) is 65.7 Å². The number of hydrogen-bond donors (Lipinski definition) is 3. The molecule has 2 rings (SSSR count). The van der Waals surface area contributed by atoms with Gasteiger partial charge in [-0.05, 0) is 56.1 Å². The Labute approximate surface area is 155 Å². The predicted octanol–water partition coefficient (Wildman–Crippen LogP) is 2.99. The Morgan fingerprint density at radius 3 is 2.35 bits per heavy atom. The third-order valence-corrected chi connectivity index (χ3v) is 4.14. The maximum atomic E-state index is 12.0. The molecule has 5 nitrogen and oxygen atoms in total. The van der Waals surface area contributed by atoms with E-state index in [0.29, 0.717) is 11.3 Å². The summed E-state index contributed by atoms with van der Waals surface area (Å²) in [5, 5.41) is 8.88. The number of rotatable bonds is 9. The molecule has 3 N–H and O–H groups in total. The Morgan fingerprint density at radius 2 is 1.69 bits per heavy atom. The average molecular weight is 353 g/mol. The SMILES string of the molecule is CCC(C)NC(=O)c1ccc(NC(=O)CNCCc2ccccc2)cc1. The van der Waals surface area contributed by atoms with E-state index in [9.17, 15) is 9.59 Å². The second-order valence-electron chi connectivity index (χ2n) is 6.32. The van der Waals surface area contributed by atoms with Crippen LogP contribution in [-0.4, -0.2) is 30.9 Å². The van der Waals surface area contributed by atoms with Gasteiger partial charge in [0.05, 0.1) is 6.54 Å². The molecule has 0 saturated carbocycles. The molecular formula is C21H27N3O2. The summed E-state index contributed by atoms with van der Waals surface area (Å²) in [6.45, 7) is 4.99. The zero-order valence-electron chi connectivity index (χ0n) is 15.4. The fourth-order valence-electron chi connectivity index (χ4n) is 2.40. The van der Waals surface area contributed by atoms with Crippen molar-refractivity contribution < 1.29 is 9.59 Å².